The van der Waals surface area contributed by atoms with Crippen molar-refractivity contribution in [2.75, 3.05) is 5.32 Å². The van der Waals surface area contributed by atoms with Crippen LogP contribution in [0.3, 0.4) is 0 Å². The van der Waals surface area contributed by atoms with Gasteiger partial charge in [-0.25, -0.2) is 4.68 Å². The number of hydrogen-bond donors (Lipinski definition) is 2. The number of anilines is 1. The Morgan fingerprint density at radius 3 is 2.40 bits per heavy atom. The molecule has 0 saturated carbocycles. The van der Waals surface area contributed by atoms with Crippen LogP contribution in [0.15, 0.2) is 6.20 Å². The average molecular weight is 210 g/mol. The first-order chi connectivity index (χ1) is 6.91. The Morgan fingerprint density at radius 2 is 2.00 bits per heavy atom. The fraction of sp³-hybridized carbons (Fsp3) is 0.250. The minimum atomic E-state index is -0.807. The zero-order valence-corrected chi connectivity index (χ0v) is 8.27. The van der Waals surface area contributed by atoms with Crippen molar-refractivity contribution in [1.82, 2.24) is 9.78 Å². The van der Waals surface area contributed by atoms with Crippen molar-refractivity contribution in [3.8, 4) is 0 Å². The van der Waals surface area contributed by atoms with Gasteiger partial charge >= 0.3 is 0 Å². The average Bonchev–Trinajstić information content (AvgIpc) is 2.46. The maximum absolute atomic E-state index is 11.0. The van der Waals surface area contributed by atoms with Crippen molar-refractivity contribution < 1.29 is 14.4 Å². The smallest absolute Gasteiger partial charge is 0.271 e. The van der Waals surface area contributed by atoms with E-state index >= 15 is 0 Å². The molecule has 0 aliphatic carbocycles. The van der Waals surface area contributed by atoms with E-state index in [1.54, 1.807) is 0 Å². The van der Waals surface area contributed by atoms with Gasteiger partial charge in [-0.05, 0) is 0 Å². The van der Waals surface area contributed by atoms with Gasteiger partial charge in [0.2, 0.25) is 11.8 Å². The maximum Gasteiger partial charge on any atom is 0.271 e. The Bertz CT molecular complexity index is 435. The minimum Gasteiger partial charge on any atom is -0.364 e. The molecule has 0 fully saturated rings. The molecule has 1 heterocycles. The van der Waals surface area contributed by atoms with Crippen LogP contribution in [0.5, 0.6) is 0 Å². The number of hydrogen-bond acceptors (Lipinski definition) is 4. The van der Waals surface area contributed by atoms with Gasteiger partial charge in [-0.15, -0.1) is 0 Å². The van der Waals surface area contributed by atoms with Crippen LogP contribution in [-0.4, -0.2) is 27.5 Å². The van der Waals surface area contributed by atoms with Crippen LogP contribution < -0.4 is 11.1 Å². The Hall–Kier alpha value is -2.18. The van der Waals surface area contributed by atoms with E-state index in [0.717, 1.165) is 4.68 Å². The summed E-state index contributed by atoms with van der Waals surface area (Å²) < 4.78 is 0.936. The van der Waals surface area contributed by atoms with Gasteiger partial charge in [-0.1, -0.05) is 0 Å². The number of carbonyl (C=O) groups is 3. The Balaban J connectivity index is 3.17. The standard InChI is InChI=1S/C8H10N4O3/c1-4(13)10-6-3-12(5(2)14)11-7(6)8(9)15/h3H,1-2H3,(H2,9,15)(H,10,13). The molecule has 7 heteroatoms. The summed E-state index contributed by atoms with van der Waals surface area (Å²) in [7, 11) is 0. The third-order valence-corrected chi connectivity index (χ3v) is 1.58. The van der Waals surface area contributed by atoms with Crippen molar-refractivity contribution in [3.63, 3.8) is 0 Å². The van der Waals surface area contributed by atoms with Gasteiger partial charge in [0.05, 0.1) is 11.9 Å². The van der Waals surface area contributed by atoms with Gasteiger partial charge in [0.1, 0.15) is 0 Å². The van der Waals surface area contributed by atoms with Gasteiger partial charge in [0.15, 0.2) is 5.69 Å². The third kappa shape index (κ3) is 2.39. The summed E-state index contributed by atoms with van der Waals surface area (Å²) in [4.78, 5) is 32.7. The molecule has 0 atom stereocenters. The number of nitrogens with zero attached hydrogens (tertiary/aromatic N) is 2. The summed E-state index contributed by atoms with van der Waals surface area (Å²) in [5.74, 6) is -1.56. The van der Waals surface area contributed by atoms with Crippen molar-refractivity contribution in [3.05, 3.63) is 11.9 Å². The van der Waals surface area contributed by atoms with E-state index in [1.165, 1.54) is 20.0 Å². The van der Waals surface area contributed by atoms with Crippen LogP contribution in [0.1, 0.15) is 29.1 Å². The van der Waals surface area contributed by atoms with Crippen molar-refractivity contribution in [1.29, 1.82) is 0 Å². The highest BCUT2D eigenvalue weighted by molar-refractivity contribution is 6.01. The lowest BCUT2D eigenvalue weighted by molar-refractivity contribution is -0.114. The van der Waals surface area contributed by atoms with Gasteiger partial charge in [-0.3, -0.25) is 14.4 Å². The summed E-state index contributed by atoms with van der Waals surface area (Å²) in [6.45, 7) is 2.55. The number of primary amides is 1. The zero-order chi connectivity index (χ0) is 11.6. The second-order valence-corrected chi connectivity index (χ2v) is 2.90. The molecular weight excluding hydrogens is 200 g/mol. The Labute approximate surface area is 85.2 Å². The molecule has 0 aliphatic rings. The van der Waals surface area contributed by atoms with E-state index in [0.29, 0.717) is 0 Å². The van der Waals surface area contributed by atoms with Crippen LogP contribution in [-0.2, 0) is 4.79 Å². The summed E-state index contributed by atoms with van der Waals surface area (Å²) in [6.07, 6.45) is 1.24. The van der Waals surface area contributed by atoms with E-state index in [9.17, 15) is 14.4 Å². The lowest BCUT2D eigenvalue weighted by Gasteiger charge is -1.97. The van der Waals surface area contributed by atoms with E-state index in [2.05, 4.69) is 10.4 Å². The second kappa shape index (κ2) is 3.91. The largest absolute Gasteiger partial charge is 0.364 e. The maximum atomic E-state index is 11.0. The summed E-state index contributed by atoms with van der Waals surface area (Å²) in [5.41, 5.74) is 5.02. The van der Waals surface area contributed by atoms with E-state index in [4.69, 9.17) is 5.73 Å². The van der Waals surface area contributed by atoms with Crippen LogP contribution in [0, 0.1) is 0 Å². The Morgan fingerprint density at radius 1 is 1.40 bits per heavy atom. The molecule has 80 valence electrons. The van der Waals surface area contributed by atoms with E-state index in [1.807, 2.05) is 0 Å². The quantitative estimate of drug-likeness (QED) is 0.692. The number of nitrogens with two attached hydrogens (primary N) is 1. The molecule has 1 rings (SSSR count). The minimum absolute atomic E-state index is 0.130. The predicted molar refractivity (Wildman–Crippen MR) is 51.3 cm³/mol. The SMILES string of the molecule is CC(=O)Nc1cn(C(C)=O)nc1C(N)=O. The predicted octanol–water partition coefficient (Wildman–Crippen LogP) is -0.400. The first-order valence-corrected chi connectivity index (χ1v) is 4.10. The molecule has 0 unspecified atom stereocenters. The van der Waals surface area contributed by atoms with Gasteiger partial charge in [0, 0.05) is 13.8 Å². The molecule has 1 aromatic rings. The van der Waals surface area contributed by atoms with Crippen LogP contribution in [0.25, 0.3) is 0 Å². The third-order valence-electron chi connectivity index (χ3n) is 1.58. The first-order valence-electron chi connectivity index (χ1n) is 4.10. The number of amides is 2. The molecule has 3 N–H and O–H groups in total. The summed E-state index contributed by atoms with van der Waals surface area (Å²) in [5, 5.41) is 5.99. The Kier molecular flexibility index (Phi) is 2.84. The number of aromatic nitrogens is 2. The lowest BCUT2D eigenvalue weighted by Crippen LogP contribution is -2.16. The highest BCUT2D eigenvalue weighted by atomic mass is 16.2. The molecule has 15 heavy (non-hydrogen) atoms. The summed E-state index contributed by atoms with van der Waals surface area (Å²) >= 11 is 0. The monoisotopic (exact) mass is 210 g/mol. The molecule has 0 saturated heterocycles. The van der Waals surface area contributed by atoms with Gasteiger partial charge < -0.3 is 11.1 Å². The van der Waals surface area contributed by atoms with Crippen LogP contribution in [0.4, 0.5) is 5.69 Å². The van der Waals surface area contributed by atoms with Crippen LogP contribution >= 0.6 is 0 Å². The molecule has 0 spiro atoms. The molecule has 0 aliphatic heterocycles. The topological polar surface area (TPSA) is 107 Å². The van der Waals surface area contributed by atoms with Gasteiger partial charge in [-0.2, -0.15) is 5.10 Å². The number of carbonyl (C=O) groups excluding carboxylic acids is 3. The first kappa shape index (κ1) is 10.9. The lowest BCUT2D eigenvalue weighted by atomic mass is 10.3. The molecule has 0 radical (unpaired) electrons. The molecule has 2 amide bonds. The number of rotatable bonds is 2. The molecule has 1 aromatic heterocycles. The normalized spacial score (nSPS) is 9.73. The number of nitrogens with one attached hydrogen (secondary N) is 1. The molecule has 7 nitrogen and oxygen atoms in total. The van der Waals surface area contributed by atoms with Crippen molar-refractivity contribution in [2.24, 2.45) is 5.73 Å². The fourth-order valence-electron chi connectivity index (χ4n) is 0.998. The van der Waals surface area contributed by atoms with Crippen LogP contribution in [0.2, 0.25) is 0 Å². The molecule has 0 aromatic carbocycles. The van der Waals surface area contributed by atoms with Crippen molar-refractivity contribution >= 4 is 23.4 Å². The van der Waals surface area contributed by atoms with Crippen molar-refractivity contribution in [2.45, 2.75) is 13.8 Å². The summed E-state index contributed by atoms with van der Waals surface area (Å²) in [6, 6.07) is 0. The highest BCUT2D eigenvalue weighted by Gasteiger charge is 2.16. The molecule has 0 bridgehead atoms. The fourth-order valence-corrected chi connectivity index (χ4v) is 0.998. The highest BCUT2D eigenvalue weighted by Crippen LogP contribution is 2.12. The van der Waals surface area contributed by atoms with E-state index < -0.39 is 5.91 Å². The molecular formula is C8H10N4O3. The van der Waals surface area contributed by atoms with E-state index in [-0.39, 0.29) is 23.2 Å². The zero-order valence-electron chi connectivity index (χ0n) is 8.27. The van der Waals surface area contributed by atoms with Gasteiger partial charge in [0.25, 0.3) is 5.91 Å². The second-order valence-electron chi connectivity index (χ2n) is 2.90.